The quantitative estimate of drug-likeness (QED) is 0.781. The first kappa shape index (κ1) is 14.3. The lowest BCUT2D eigenvalue weighted by Crippen LogP contribution is -2.21. The van der Waals surface area contributed by atoms with Crippen LogP contribution in [0.3, 0.4) is 0 Å². The number of hydrogen-bond donors (Lipinski definition) is 0. The van der Waals surface area contributed by atoms with Crippen LogP contribution in [0.4, 0.5) is 5.13 Å². The molecule has 1 unspecified atom stereocenters. The number of anilines is 1. The third-order valence-electron chi connectivity index (χ3n) is 2.94. The number of thiazole rings is 1. The number of rotatable bonds is 4. The van der Waals surface area contributed by atoms with E-state index in [0.717, 1.165) is 17.0 Å². The third kappa shape index (κ3) is 3.08. The molecule has 0 fully saturated rings. The normalized spacial score (nSPS) is 12.2. The van der Waals surface area contributed by atoms with Crippen molar-refractivity contribution >= 4 is 46.0 Å². The highest BCUT2D eigenvalue weighted by Gasteiger charge is 2.17. The predicted octanol–water partition coefficient (Wildman–Crippen LogP) is 4.46. The average molecular weight is 315 g/mol. The van der Waals surface area contributed by atoms with Gasteiger partial charge in [0.15, 0.2) is 16.6 Å². The smallest absolute Gasteiger partial charge is 0.187 e. The number of nitrogens with zero attached hydrogens (tertiary/aromatic N) is 2. The summed E-state index contributed by atoms with van der Waals surface area (Å²) < 4.78 is 0. The van der Waals surface area contributed by atoms with Crippen LogP contribution in [0.2, 0.25) is 10.2 Å². The number of benzene rings is 1. The lowest BCUT2D eigenvalue weighted by Gasteiger charge is -2.24. The monoisotopic (exact) mass is 314 g/mol. The molecular formula is C13H12Cl2N2OS. The van der Waals surface area contributed by atoms with E-state index >= 15 is 0 Å². The summed E-state index contributed by atoms with van der Waals surface area (Å²) in [7, 11) is 1.92. The summed E-state index contributed by atoms with van der Waals surface area (Å²) >= 11 is 13.0. The third-order valence-corrected chi connectivity index (χ3v) is 4.66. The first-order chi connectivity index (χ1) is 9.02. The molecule has 0 saturated heterocycles. The zero-order valence-electron chi connectivity index (χ0n) is 10.4. The average Bonchev–Trinajstić information content (AvgIpc) is 2.79. The van der Waals surface area contributed by atoms with Crippen molar-refractivity contribution in [3.63, 3.8) is 0 Å². The van der Waals surface area contributed by atoms with E-state index in [1.807, 2.05) is 36.2 Å². The molecular weight excluding hydrogens is 303 g/mol. The van der Waals surface area contributed by atoms with Gasteiger partial charge in [-0.25, -0.2) is 4.98 Å². The molecule has 19 heavy (non-hydrogen) atoms. The van der Waals surface area contributed by atoms with Crippen molar-refractivity contribution in [3.8, 4) is 0 Å². The Labute approximate surface area is 125 Å². The lowest BCUT2D eigenvalue weighted by molar-refractivity contribution is 0.112. The number of carbonyl (C=O) groups is 1. The van der Waals surface area contributed by atoms with Crippen LogP contribution in [0, 0.1) is 0 Å². The Hall–Kier alpha value is -1.10. The Morgan fingerprint density at radius 1 is 1.32 bits per heavy atom. The summed E-state index contributed by atoms with van der Waals surface area (Å²) in [6.07, 6.45) is 0.726. The molecule has 1 aromatic heterocycles. The number of aldehydes is 1. The van der Waals surface area contributed by atoms with Crippen molar-refractivity contribution < 1.29 is 4.79 Å². The van der Waals surface area contributed by atoms with Gasteiger partial charge in [0, 0.05) is 12.1 Å². The molecule has 6 heteroatoms. The molecule has 1 atom stereocenters. The van der Waals surface area contributed by atoms with Gasteiger partial charge in [0.1, 0.15) is 4.88 Å². The topological polar surface area (TPSA) is 33.2 Å². The lowest BCUT2D eigenvalue weighted by atomic mass is 10.1. The van der Waals surface area contributed by atoms with Gasteiger partial charge in [-0.3, -0.25) is 4.79 Å². The first-order valence-corrected chi connectivity index (χ1v) is 7.20. The Morgan fingerprint density at radius 2 is 1.95 bits per heavy atom. The van der Waals surface area contributed by atoms with Gasteiger partial charge in [-0.2, -0.15) is 0 Å². The van der Waals surface area contributed by atoms with Gasteiger partial charge in [-0.05, 0) is 24.6 Å². The van der Waals surface area contributed by atoms with Crippen molar-refractivity contribution in [2.45, 2.75) is 13.0 Å². The van der Waals surface area contributed by atoms with Gasteiger partial charge in [-0.15, -0.1) is 0 Å². The van der Waals surface area contributed by atoms with E-state index in [1.165, 1.54) is 11.3 Å². The maximum absolute atomic E-state index is 10.8. The molecule has 0 N–H and O–H groups in total. The molecule has 0 amide bonds. The van der Waals surface area contributed by atoms with Crippen LogP contribution in [0.15, 0.2) is 24.3 Å². The number of halogens is 2. The second kappa shape index (κ2) is 5.90. The molecule has 0 saturated carbocycles. The van der Waals surface area contributed by atoms with Crippen LogP contribution >= 0.6 is 34.5 Å². The molecule has 0 aliphatic heterocycles. The summed E-state index contributed by atoms with van der Waals surface area (Å²) in [6.45, 7) is 2.05. The minimum Gasteiger partial charge on any atom is -0.344 e. The van der Waals surface area contributed by atoms with E-state index in [-0.39, 0.29) is 11.2 Å². The number of carbonyl (C=O) groups excluding carboxylic acids is 1. The van der Waals surface area contributed by atoms with Crippen LogP contribution in [0.25, 0.3) is 0 Å². The van der Waals surface area contributed by atoms with E-state index < -0.39 is 0 Å². The minimum atomic E-state index is 0.110. The fraction of sp³-hybridized carbons (Fsp3) is 0.231. The van der Waals surface area contributed by atoms with Gasteiger partial charge in [0.05, 0.1) is 6.04 Å². The van der Waals surface area contributed by atoms with Crippen molar-refractivity contribution in [1.29, 1.82) is 0 Å². The van der Waals surface area contributed by atoms with Crippen molar-refractivity contribution in [1.82, 2.24) is 4.98 Å². The summed E-state index contributed by atoms with van der Waals surface area (Å²) in [4.78, 5) is 17.4. The zero-order valence-corrected chi connectivity index (χ0v) is 12.8. The molecule has 0 bridgehead atoms. The van der Waals surface area contributed by atoms with E-state index in [1.54, 1.807) is 0 Å². The van der Waals surface area contributed by atoms with Crippen molar-refractivity contribution in [2.75, 3.05) is 11.9 Å². The fourth-order valence-electron chi connectivity index (χ4n) is 1.66. The second-order valence-electron chi connectivity index (χ2n) is 4.11. The maximum Gasteiger partial charge on any atom is 0.187 e. The van der Waals surface area contributed by atoms with E-state index in [9.17, 15) is 4.79 Å². The Kier molecular flexibility index (Phi) is 4.45. The Balaban J connectivity index is 2.24. The first-order valence-electron chi connectivity index (χ1n) is 5.62. The Morgan fingerprint density at radius 3 is 2.47 bits per heavy atom. The highest BCUT2D eigenvalue weighted by molar-refractivity contribution is 7.17. The standard InChI is InChI=1S/C13H12Cl2N2OS/c1-8(9-3-5-10(14)6-4-9)17(2)13-16-12(15)11(7-18)19-13/h3-8H,1-2H3. The number of aromatic nitrogens is 1. The van der Waals surface area contributed by atoms with E-state index in [4.69, 9.17) is 23.2 Å². The second-order valence-corrected chi connectivity index (χ2v) is 5.91. The van der Waals surface area contributed by atoms with Crippen LogP contribution in [0.5, 0.6) is 0 Å². The molecule has 0 spiro atoms. The highest BCUT2D eigenvalue weighted by Crippen LogP contribution is 2.32. The molecule has 1 heterocycles. The molecule has 3 nitrogen and oxygen atoms in total. The van der Waals surface area contributed by atoms with Gasteiger partial charge in [-0.1, -0.05) is 46.7 Å². The fourth-order valence-corrected chi connectivity index (χ4v) is 2.89. The van der Waals surface area contributed by atoms with Gasteiger partial charge in [0.25, 0.3) is 0 Å². The number of hydrogen-bond acceptors (Lipinski definition) is 4. The van der Waals surface area contributed by atoms with Crippen molar-refractivity contribution in [3.05, 3.63) is 44.9 Å². The molecule has 2 aromatic rings. The zero-order chi connectivity index (χ0) is 14.0. The molecule has 0 radical (unpaired) electrons. The van der Waals surface area contributed by atoms with Crippen LogP contribution in [-0.4, -0.2) is 18.3 Å². The molecule has 0 aliphatic carbocycles. The predicted molar refractivity (Wildman–Crippen MR) is 80.8 cm³/mol. The molecule has 2 rings (SSSR count). The summed E-state index contributed by atoms with van der Waals surface area (Å²) in [6, 6.07) is 7.76. The van der Waals surface area contributed by atoms with Crippen LogP contribution in [-0.2, 0) is 0 Å². The highest BCUT2D eigenvalue weighted by atomic mass is 35.5. The SMILES string of the molecule is CC(c1ccc(Cl)cc1)N(C)c1nc(Cl)c(C=O)s1. The van der Waals surface area contributed by atoms with E-state index in [0.29, 0.717) is 9.90 Å². The van der Waals surface area contributed by atoms with Crippen molar-refractivity contribution in [2.24, 2.45) is 0 Å². The van der Waals surface area contributed by atoms with Gasteiger partial charge < -0.3 is 4.90 Å². The Bertz CT molecular complexity index is 583. The molecule has 0 aliphatic rings. The van der Waals surface area contributed by atoms with E-state index in [2.05, 4.69) is 11.9 Å². The summed E-state index contributed by atoms with van der Waals surface area (Å²) in [5, 5.41) is 1.68. The summed E-state index contributed by atoms with van der Waals surface area (Å²) in [5.74, 6) is 0. The van der Waals surface area contributed by atoms with Crippen LogP contribution < -0.4 is 4.90 Å². The van der Waals surface area contributed by atoms with Gasteiger partial charge >= 0.3 is 0 Å². The van der Waals surface area contributed by atoms with Gasteiger partial charge in [0.2, 0.25) is 0 Å². The largest absolute Gasteiger partial charge is 0.344 e. The molecule has 1 aromatic carbocycles. The summed E-state index contributed by atoms with van der Waals surface area (Å²) in [5.41, 5.74) is 1.12. The minimum absolute atomic E-state index is 0.110. The maximum atomic E-state index is 10.8. The van der Waals surface area contributed by atoms with Crippen LogP contribution in [0.1, 0.15) is 28.2 Å². The molecule has 100 valence electrons.